The van der Waals surface area contributed by atoms with E-state index < -0.39 is 0 Å². The van der Waals surface area contributed by atoms with E-state index in [1.165, 1.54) is 6.08 Å². The van der Waals surface area contributed by atoms with Gasteiger partial charge in [0.25, 0.3) is 0 Å². The average Bonchev–Trinajstić information content (AvgIpc) is 2.72. The SMILES string of the molecule is COc1cccc(CN(C)C(=O)C=Cc2cnc3c(c2)CCC(=O)N3)c1OC(C)C.Cl. The van der Waals surface area contributed by atoms with Crippen LogP contribution in [0, 0.1) is 0 Å². The lowest BCUT2D eigenvalue weighted by Gasteiger charge is -2.21. The summed E-state index contributed by atoms with van der Waals surface area (Å²) in [6.07, 6.45) is 5.99. The van der Waals surface area contributed by atoms with Gasteiger partial charge >= 0.3 is 0 Å². The van der Waals surface area contributed by atoms with Crippen molar-refractivity contribution in [1.29, 1.82) is 0 Å². The number of hydrogen-bond donors (Lipinski definition) is 1. The summed E-state index contributed by atoms with van der Waals surface area (Å²) < 4.78 is 11.3. The highest BCUT2D eigenvalue weighted by molar-refractivity contribution is 5.93. The number of ether oxygens (including phenoxy) is 2. The fourth-order valence-electron chi connectivity index (χ4n) is 3.21. The number of likely N-dealkylation sites (N-methyl/N-ethyl adjacent to an activating group) is 1. The largest absolute Gasteiger partial charge is 0.493 e. The number of rotatable bonds is 7. The molecule has 2 heterocycles. The number of carbonyl (C=O) groups excluding carboxylic acids is 2. The standard InChI is InChI=1S/C23H27N3O4.ClH/c1-15(2)30-22-18(6-5-7-19(22)29-4)14-26(3)21(28)11-8-16-12-17-9-10-20(27)25-23(17)24-13-16;/h5-8,11-13,15H,9-10,14H2,1-4H3,(H,24,25,27);1H. The number of nitrogens with zero attached hydrogens (tertiary/aromatic N) is 2. The van der Waals surface area contributed by atoms with Crippen LogP contribution in [0.4, 0.5) is 5.82 Å². The van der Waals surface area contributed by atoms with Crippen LogP contribution in [0.5, 0.6) is 11.5 Å². The predicted molar refractivity (Wildman–Crippen MR) is 123 cm³/mol. The van der Waals surface area contributed by atoms with Gasteiger partial charge in [0.15, 0.2) is 11.5 Å². The molecular formula is C23H28ClN3O4. The zero-order valence-electron chi connectivity index (χ0n) is 18.2. The van der Waals surface area contributed by atoms with Gasteiger partial charge in [-0.3, -0.25) is 9.59 Å². The van der Waals surface area contributed by atoms with Gasteiger partial charge in [-0.25, -0.2) is 4.98 Å². The minimum atomic E-state index is -0.139. The number of pyridine rings is 1. The van der Waals surface area contributed by atoms with Gasteiger partial charge in [-0.1, -0.05) is 12.1 Å². The van der Waals surface area contributed by atoms with Gasteiger partial charge in [0.1, 0.15) is 5.82 Å². The number of halogens is 1. The zero-order chi connectivity index (χ0) is 21.7. The lowest BCUT2D eigenvalue weighted by molar-refractivity contribution is -0.125. The van der Waals surface area contributed by atoms with Gasteiger partial charge in [-0.2, -0.15) is 0 Å². The maximum absolute atomic E-state index is 12.6. The van der Waals surface area contributed by atoms with E-state index in [2.05, 4.69) is 10.3 Å². The van der Waals surface area contributed by atoms with Crippen molar-refractivity contribution in [3.05, 3.63) is 53.2 Å². The molecule has 0 atom stereocenters. The number of aryl methyl sites for hydroxylation is 1. The minimum Gasteiger partial charge on any atom is -0.493 e. The summed E-state index contributed by atoms with van der Waals surface area (Å²) in [5.74, 6) is 1.74. The molecule has 166 valence electrons. The summed E-state index contributed by atoms with van der Waals surface area (Å²) in [6, 6.07) is 7.60. The molecule has 0 fully saturated rings. The first-order chi connectivity index (χ1) is 14.4. The number of aromatic nitrogens is 1. The first-order valence-electron chi connectivity index (χ1n) is 9.92. The van der Waals surface area contributed by atoms with Crippen molar-refractivity contribution in [3.8, 4) is 11.5 Å². The van der Waals surface area contributed by atoms with E-state index in [4.69, 9.17) is 9.47 Å². The van der Waals surface area contributed by atoms with Crippen LogP contribution >= 0.6 is 12.4 Å². The maximum Gasteiger partial charge on any atom is 0.246 e. The summed E-state index contributed by atoms with van der Waals surface area (Å²) in [6.45, 7) is 4.29. The Morgan fingerprint density at radius 1 is 1.32 bits per heavy atom. The van der Waals surface area contributed by atoms with E-state index in [9.17, 15) is 9.59 Å². The van der Waals surface area contributed by atoms with E-state index in [-0.39, 0.29) is 30.3 Å². The number of hydrogen-bond acceptors (Lipinski definition) is 5. The van der Waals surface area contributed by atoms with Crippen molar-refractivity contribution in [1.82, 2.24) is 9.88 Å². The summed E-state index contributed by atoms with van der Waals surface area (Å²) >= 11 is 0. The van der Waals surface area contributed by atoms with Gasteiger partial charge in [0.05, 0.1) is 13.2 Å². The van der Waals surface area contributed by atoms with Crippen LogP contribution in [0.15, 0.2) is 36.5 Å². The van der Waals surface area contributed by atoms with E-state index in [1.807, 2.05) is 38.1 Å². The van der Waals surface area contributed by atoms with Gasteiger partial charge < -0.3 is 19.7 Å². The topological polar surface area (TPSA) is 80.8 Å². The Balaban J connectivity index is 0.00000341. The molecule has 2 amide bonds. The molecule has 2 aromatic rings. The molecule has 31 heavy (non-hydrogen) atoms. The Labute approximate surface area is 188 Å². The maximum atomic E-state index is 12.6. The van der Waals surface area contributed by atoms with Crippen molar-refractivity contribution in [2.75, 3.05) is 19.5 Å². The molecule has 0 aliphatic carbocycles. The molecule has 0 bridgehead atoms. The monoisotopic (exact) mass is 445 g/mol. The third-order valence-electron chi connectivity index (χ3n) is 4.70. The molecule has 8 heteroatoms. The number of amides is 2. The Morgan fingerprint density at radius 2 is 2.10 bits per heavy atom. The van der Waals surface area contributed by atoms with Crippen molar-refractivity contribution in [2.45, 2.75) is 39.3 Å². The van der Waals surface area contributed by atoms with Crippen molar-refractivity contribution >= 4 is 36.1 Å². The second kappa shape index (κ2) is 10.8. The predicted octanol–water partition coefficient (Wildman–Crippen LogP) is 3.86. The third kappa shape index (κ3) is 6.21. The van der Waals surface area contributed by atoms with E-state index in [0.717, 1.165) is 16.7 Å². The van der Waals surface area contributed by atoms with E-state index >= 15 is 0 Å². The highest BCUT2D eigenvalue weighted by Crippen LogP contribution is 2.32. The molecule has 1 aliphatic heterocycles. The van der Waals surface area contributed by atoms with Gasteiger partial charge in [-0.05, 0) is 49.6 Å². The lowest BCUT2D eigenvalue weighted by atomic mass is 10.0. The van der Waals surface area contributed by atoms with Crippen LogP contribution < -0.4 is 14.8 Å². The Bertz CT molecular complexity index is 975. The van der Waals surface area contributed by atoms with Crippen LogP contribution in [0.3, 0.4) is 0 Å². The number of fused-ring (bicyclic) bond motifs is 1. The van der Waals surface area contributed by atoms with Gasteiger partial charge in [-0.15, -0.1) is 12.4 Å². The molecule has 7 nitrogen and oxygen atoms in total. The zero-order valence-corrected chi connectivity index (χ0v) is 19.0. The van der Waals surface area contributed by atoms with Crippen LogP contribution in [-0.2, 0) is 22.6 Å². The highest BCUT2D eigenvalue weighted by atomic mass is 35.5. The van der Waals surface area contributed by atoms with Crippen molar-refractivity contribution < 1.29 is 19.1 Å². The van der Waals surface area contributed by atoms with E-state index in [0.29, 0.717) is 36.7 Å². The molecule has 3 rings (SSSR count). The summed E-state index contributed by atoms with van der Waals surface area (Å²) in [7, 11) is 3.34. The van der Waals surface area contributed by atoms with E-state index in [1.54, 1.807) is 31.3 Å². The summed E-state index contributed by atoms with van der Waals surface area (Å²) in [4.78, 5) is 30.0. The number of carbonyl (C=O) groups is 2. The fourth-order valence-corrected chi connectivity index (χ4v) is 3.21. The van der Waals surface area contributed by atoms with Crippen molar-refractivity contribution in [3.63, 3.8) is 0 Å². The molecule has 0 saturated heterocycles. The number of benzene rings is 1. The molecule has 0 unspecified atom stereocenters. The lowest BCUT2D eigenvalue weighted by Crippen LogP contribution is -2.24. The number of methoxy groups -OCH3 is 1. The summed E-state index contributed by atoms with van der Waals surface area (Å²) in [5.41, 5.74) is 2.67. The average molecular weight is 446 g/mol. The Hall–Kier alpha value is -3.06. The van der Waals surface area contributed by atoms with Crippen LogP contribution in [-0.4, -0.2) is 42.0 Å². The molecule has 0 saturated carbocycles. The normalized spacial score (nSPS) is 12.7. The van der Waals surface area contributed by atoms with Crippen LogP contribution in [0.1, 0.15) is 37.0 Å². The van der Waals surface area contributed by atoms with Crippen LogP contribution in [0.2, 0.25) is 0 Å². The van der Waals surface area contributed by atoms with Gasteiger partial charge in [0, 0.05) is 37.8 Å². The molecule has 1 aromatic heterocycles. The van der Waals surface area contributed by atoms with Crippen molar-refractivity contribution in [2.24, 2.45) is 0 Å². The number of anilines is 1. The first kappa shape index (κ1) is 24.2. The van der Waals surface area contributed by atoms with Crippen LogP contribution in [0.25, 0.3) is 6.08 Å². The smallest absolute Gasteiger partial charge is 0.246 e. The second-order valence-electron chi connectivity index (χ2n) is 7.47. The highest BCUT2D eigenvalue weighted by Gasteiger charge is 2.17. The molecular weight excluding hydrogens is 418 g/mol. The molecule has 1 aliphatic rings. The fraction of sp³-hybridized carbons (Fsp3) is 0.348. The Kier molecular flexibility index (Phi) is 8.45. The third-order valence-corrected chi connectivity index (χ3v) is 4.70. The molecule has 0 radical (unpaired) electrons. The quantitative estimate of drug-likeness (QED) is 0.654. The number of para-hydroxylation sites is 1. The number of nitrogens with one attached hydrogen (secondary N) is 1. The summed E-state index contributed by atoms with van der Waals surface area (Å²) in [5, 5.41) is 2.75. The Morgan fingerprint density at radius 3 is 2.81 bits per heavy atom. The minimum absolute atomic E-state index is 0. The molecule has 1 aromatic carbocycles. The molecule has 0 spiro atoms. The second-order valence-corrected chi connectivity index (χ2v) is 7.47. The van der Waals surface area contributed by atoms with Gasteiger partial charge in [0.2, 0.25) is 11.8 Å². The first-order valence-corrected chi connectivity index (χ1v) is 9.92. The molecule has 1 N–H and O–H groups in total.